The van der Waals surface area contributed by atoms with Gasteiger partial charge in [-0.1, -0.05) is 12.1 Å². The maximum Gasteiger partial charge on any atom is 0.271 e. The Morgan fingerprint density at radius 3 is 2.44 bits per heavy atom. The van der Waals surface area contributed by atoms with Gasteiger partial charge in [-0.15, -0.1) is 0 Å². The predicted molar refractivity (Wildman–Crippen MR) is 105 cm³/mol. The molecule has 2 rings (SSSR count). The molecule has 0 fully saturated rings. The maximum atomic E-state index is 12.2. The quantitative estimate of drug-likeness (QED) is 0.580. The molecule has 0 aliphatic rings. The van der Waals surface area contributed by atoms with Crippen molar-refractivity contribution in [3.63, 3.8) is 0 Å². The van der Waals surface area contributed by atoms with E-state index in [1.807, 2.05) is 31.2 Å². The van der Waals surface area contributed by atoms with Gasteiger partial charge in [-0.05, 0) is 49.7 Å². The summed E-state index contributed by atoms with van der Waals surface area (Å²) in [5.74, 6) is 0.363. The molecule has 2 aromatic rings. The van der Waals surface area contributed by atoms with E-state index in [1.54, 1.807) is 25.1 Å². The maximum absolute atomic E-state index is 12.2. The van der Waals surface area contributed by atoms with E-state index in [0.29, 0.717) is 22.8 Å². The van der Waals surface area contributed by atoms with Crippen LogP contribution in [0.3, 0.4) is 0 Å². The third kappa shape index (κ3) is 5.85. The summed E-state index contributed by atoms with van der Waals surface area (Å²) in [5, 5.41) is 6.78. The number of hydrogen-bond donors (Lipinski definition) is 2. The molecular formula is C20H23N3O4. The van der Waals surface area contributed by atoms with E-state index < -0.39 is 5.91 Å². The summed E-state index contributed by atoms with van der Waals surface area (Å²) >= 11 is 0. The van der Waals surface area contributed by atoms with Gasteiger partial charge >= 0.3 is 0 Å². The van der Waals surface area contributed by atoms with Crippen LogP contribution in [0, 0.1) is 6.92 Å². The van der Waals surface area contributed by atoms with Gasteiger partial charge in [0.1, 0.15) is 0 Å². The first-order valence-corrected chi connectivity index (χ1v) is 8.35. The van der Waals surface area contributed by atoms with Crippen molar-refractivity contribution < 1.29 is 19.1 Å². The van der Waals surface area contributed by atoms with Crippen molar-refractivity contribution in [2.75, 3.05) is 19.5 Å². The van der Waals surface area contributed by atoms with Crippen molar-refractivity contribution in [2.45, 2.75) is 20.3 Å². The molecule has 142 valence electrons. The number of ether oxygens (including phenoxy) is 2. The lowest BCUT2D eigenvalue weighted by molar-refractivity contribution is -0.115. The monoisotopic (exact) mass is 369 g/mol. The summed E-state index contributed by atoms with van der Waals surface area (Å²) in [5.41, 5.74) is 5.07. The molecule has 2 N–H and O–H groups in total. The van der Waals surface area contributed by atoms with Crippen molar-refractivity contribution in [1.29, 1.82) is 0 Å². The summed E-state index contributed by atoms with van der Waals surface area (Å²) in [6, 6.07) is 12.3. The smallest absolute Gasteiger partial charge is 0.271 e. The highest BCUT2D eigenvalue weighted by Crippen LogP contribution is 2.27. The molecular weight excluding hydrogens is 346 g/mol. The Morgan fingerprint density at radius 1 is 1.04 bits per heavy atom. The first kappa shape index (κ1) is 20.0. The van der Waals surface area contributed by atoms with Gasteiger partial charge in [0.15, 0.2) is 11.5 Å². The van der Waals surface area contributed by atoms with Crippen molar-refractivity contribution in [3.8, 4) is 11.5 Å². The van der Waals surface area contributed by atoms with Crippen LogP contribution >= 0.6 is 0 Å². The highest BCUT2D eigenvalue weighted by molar-refractivity contribution is 6.06. The van der Waals surface area contributed by atoms with Crippen LogP contribution in [0.15, 0.2) is 47.6 Å². The van der Waals surface area contributed by atoms with Gasteiger partial charge in [0.25, 0.3) is 5.91 Å². The normalized spacial score (nSPS) is 10.9. The van der Waals surface area contributed by atoms with Crippen LogP contribution in [0.2, 0.25) is 0 Å². The van der Waals surface area contributed by atoms with E-state index in [-0.39, 0.29) is 12.3 Å². The molecule has 0 saturated heterocycles. The molecule has 2 amide bonds. The van der Waals surface area contributed by atoms with Crippen LogP contribution in [0.4, 0.5) is 5.69 Å². The Labute approximate surface area is 158 Å². The number of aryl methyl sites for hydroxylation is 1. The fourth-order valence-electron chi connectivity index (χ4n) is 2.39. The molecule has 0 heterocycles. The van der Waals surface area contributed by atoms with E-state index in [4.69, 9.17) is 9.47 Å². The highest BCUT2D eigenvalue weighted by Gasteiger charge is 2.11. The summed E-state index contributed by atoms with van der Waals surface area (Å²) in [7, 11) is 3.02. The topological polar surface area (TPSA) is 89.0 Å². The van der Waals surface area contributed by atoms with Gasteiger partial charge in [-0.25, -0.2) is 5.43 Å². The molecule has 27 heavy (non-hydrogen) atoms. The van der Waals surface area contributed by atoms with E-state index in [0.717, 1.165) is 11.3 Å². The molecule has 0 atom stereocenters. The van der Waals surface area contributed by atoms with Crippen molar-refractivity contribution >= 4 is 23.2 Å². The van der Waals surface area contributed by atoms with Crippen LogP contribution in [-0.4, -0.2) is 31.7 Å². The van der Waals surface area contributed by atoms with Gasteiger partial charge in [0.2, 0.25) is 5.91 Å². The number of rotatable bonds is 7. The van der Waals surface area contributed by atoms with Gasteiger partial charge in [0.05, 0.1) is 20.6 Å². The second-order valence-corrected chi connectivity index (χ2v) is 5.95. The lowest BCUT2D eigenvalue weighted by Gasteiger charge is -2.09. The lowest BCUT2D eigenvalue weighted by Crippen LogP contribution is -2.21. The number of hydrogen-bond acceptors (Lipinski definition) is 5. The Kier molecular flexibility index (Phi) is 6.93. The minimum Gasteiger partial charge on any atom is -0.493 e. The molecule has 0 aliphatic carbocycles. The summed E-state index contributed by atoms with van der Waals surface area (Å²) in [6.07, 6.45) is 0.0696. The molecule has 7 nitrogen and oxygen atoms in total. The van der Waals surface area contributed by atoms with E-state index >= 15 is 0 Å². The van der Waals surface area contributed by atoms with E-state index in [9.17, 15) is 9.59 Å². The van der Waals surface area contributed by atoms with Crippen LogP contribution in [0.5, 0.6) is 11.5 Å². The molecule has 0 radical (unpaired) electrons. The van der Waals surface area contributed by atoms with E-state index in [1.165, 1.54) is 14.2 Å². The molecule has 0 bridgehead atoms. The fourth-order valence-corrected chi connectivity index (χ4v) is 2.39. The Morgan fingerprint density at radius 2 is 1.78 bits per heavy atom. The largest absolute Gasteiger partial charge is 0.493 e. The number of anilines is 1. The van der Waals surface area contributed by atoms with Crippen LogP contribution < -0.4 is 20.2 Å². The first-order chi connectivity index (χ1) is 12.9. The standard InChI is InChI=1S/C20H23N3O4/c1-13-6-5-7-16(10-13)21-19(24)11-14(2)22-23-20(25)15-8-9-17(26-3)18(12-15)27-4/h5-10,12H,11H2,1-4H3,(H,21,24)(H,23,25)/b22-14-. The Bertz CT molecular complexity index is 862. The zero-order chi connectivity index (χ0) is 19.8. The molecule has 7 heteroatoms. The predicted octanol–water partition coefficient (Wildman–Crippen LogP) is 3.15. The minimum absolute atomic E-state index is 0.0696. The van der Waals surface area contributed by atoms with Gasteiger partial charge in [-0.2, -0.15) is 5.10 Å². The number of amides is 2. The van der Waals surface area contributed by atoms with Crippen molar-refractivity contribution in [3.05, 3.63) is 53.6 Å². The number of benzene rings is 2. The second-order valence-electron chi connectivity index (χ2n) is 5.95. The number of carbonyl (C=O) groups is 2. The SMILES string of the molecule is COc1ccc(C(=O)N/N=C(/C)CC(=O)Nc2cccc(C)c2)cc1OC. The van der Waals surface area contributed by atoms with Crippen LogP contribution in [0.1, 0.15) is 29.3 Å². The Balaban J connectivity index is 1.94. The average molecular weight is 369 g/mol. The second kappa shape index (κ2) is 9.38. The van der Waals surface area contributed by atoms with Gasteiger partial charge in [0, 0.05) is 17.0 Å². The zero-order valence-corrected chi connectivity index (χ0v) is 15.8. The fraction of sp³-hybridized carbons (Fsp3) is 0.250. The molecule has 0 spiro atoms. The zero-order valence-electron chi connectivity index (χ0n) is 15.8. The molecule has 0 aliphatic heterocycles. The highest BCUT2D eigenvalue weighted by atomic mass is 16.5. The molecule has 0 unspecified atom stereocenters. The molecule has 2 aromatic carbocycles. The average Bonchev–Trinajstić information content (AvgIpc) is 2.65. The van der Waals surface area contributed by atoms with Crippen LogP contribution in [0.25, 0.3) is 0 Å². The Hall–Kier alpha value is -3.35. The van der Waals surface area contributed by atoms with Crippen molar-refractivity contribution in [1.82, 2.24) is 5.43 Å². The summed E-state index contributed by atoms with van der Waals surface area (Å²) < 4.78 is 10.3. The van der Waals surface area contributed by atoms with E-state index in [2.05, 4.69) is 15.8 Å². The first-order valence-electron chi connectivity index (χ1n) is 8.35. The lowest BCUT2D eigenvalue weighted by atomic mass is 10.2. The third-order valence-electron chi connectivity index (χ3n) is 3.71. The number of hydrazone groups is 1. The minimum atomic E-state index is -0.408. The van der Waals surface area contributed by atoms with Crippen LogP contribution in [-0.2, 0) is 4.79 Å². The third-order valence-corrected chi connectivity index (χ3v) is 3.71. The number of nitrogens with one attached hydrogen (secondary N) is 2. The number of methoxy groups -OCH3 is 2. The van der Waals surface area contributed by atoms with Crippen molar-refractivity contribution in [2.24, 2.45) is 5.10 Å². The number of nitrogens with zero attached hydrogens (tertiary/aromatic N) is 1. The molecule has 0 saturated carbocycles. The summed E-state index contributed by atoms with van der Waals surface area (Å²) in [6.45, 7) is 3.62. The van der Waals surface area contributed by atoms with Gasteiger partial charge < -0.3 is 14.8 Å². The van der Waals surface area contributed by atoms with Gasteiger partial charge in [-0.3, -0.25) is 9.59 Å². The summed E-state index contributed by atoms with van der Waals surface area (Å²) in [4.78, 5) is 24.3. The number of carbonyl (C=O) groups excluding carboxylic acids is 2. The molecule has 0 aromatic heterocycles.